The lowest BCUT2D eigenvalue weighted by molar-refractivity contribution is 0.0611. The third kappa shape index (κ3) is 4.95. The van der Waals surface area contributed by atoms with Gasteiger partial charge < -0.3 is 23.8 Å². The summed E-state index contributed by atoms with van der Waals surface area (Å²) in [5, 5.41) is 1.41. The molecule has 10 heteroatoms. The lowest BCUT2D eigenvalue weighted by Crippen LogP contribution is -2.46. The molecule has 0 spiro atoms. The Bertz CT molecular complexity index is 1620. The Kier molecular flexibility index (Phi) is 7.85. The number of imide groups is 1. The van der Waals surface area contributed by atoms with Gasteiger partial charge in [0.05, 0.1) is 28.4 Å². The Labute approximate surface area is 245 Å². The molecule has 1 aliphatic heterocycles. The van der Waals surface area contributed by atoms with E-state index in [4.69, 9.17) is 18.9 Å². The molecule has 0 N–H and O–H groups in total. The molecule has 0 bridgehead atoms. The van der Waals surface area contributed by atoms with Crippen molar-refractivity contribution >= 4 is 50.1 Å². The van der Waals surface area contributed by atoms with Gasteiger partial charge in [-0.15, -0.1) is 0 Å². The summed E-state index contributed by atoms with van der Waals surface area (Å²) in [7, 11) is 5.97. The average molecular weight is 619 g/mol. The Balaban J connectivity index is 1.51. The van der Waals surface area contributed by atoms with Gasteiger partial charge in [-0.3, -0.25) is 19.3 Å². The van der Waals surface area contributed by atoms with Gasteiger partial charge in [-0.2, -0.15) is 0 Å². The number of carbonyl (C=O) groups is 3. The molecule has 3 amide bonds. The lowest BCUT2D eigenvalue weighted by atomic mass is 9.94. The number of hydrogen-bond donors (Lipinski definition) is 0. The van der Waals surface area contributed by atoms with Crippen molar-refractivity contribution < 1.29 is 33.3 Å². The standard InChI is InChI=1S/C31H27BrN2O7/c1-38-20-10-8-19(9-11-20)33(29(35)18-16-25(39-2)28(41-4)26(17-18)40-3)14-15-34-30(36)22-7-5-6-21-24(32)13-12-23(27(21)22)31(34)37/h5-13,16-17H,14-15H2,1-4H3. The summed E-state index contributed by atoms with van der Waals surface area (Å²) in [6, 6.07) is 18.9. The molecule has 0 saturated heterocycles. The Morgan fingerprint density at radius 1 is 0.805 bits per heavy atom. The van der Waals surface area contributed by atoms with Crippen LogP contribution in [0.25, 0.3) is 10.8 Å². The van der Waals surface area contributed by atoms with Crippen molar-refractivity contribution in [3.05, 3.63) is 87.9 Å². The Morgan fingerprint density at radius 3 is 2.02 bits per heavy atom. The van der Waals surface area contributed by atoms with E-state index >= 15 is 0 Å². The van der Waals surface area contributed by atoms with Crippen LogP contribution in [0, 0.1) is 0 Å². The quantitative estimate of drug-likeness (QED) is 0.226. The van der Waals surface area contributed by atoms with Gasteiger partial charge in [0, 0.05) is 45.3 Å². The van der Waals surface area contributed by atoms with E-state index in [0.717, 1.165) is 9.86 Å². The highest BCUT2D eigenvalue weighted by molar-refractivity contribution is 9.10. The summed E-state index contributed by atoms with van der Waals surface area (Å²) in [5.41, 5.74) is 1.69. The van der Waals surface area contributed by atoms with Gasteiger partial charge >= 0.3 is 0 Å². The summed E-state index contributed by atoms with van der Waals surface area (Å²) < 4.78 is 22.4. The van der Waals surface area contributed by atoms with Gasteiger partial charge in [0.25, 0.3) is 17.7 Å². The lowest BCUT2D eigenvalue weighted by Gasteiger charge is -2.30. The number of anilines is 1. The van der Waals surface area contributed by atoms with Crippen molar-refractivity contribution in [1.82, 2.24) is 4.90 Å². The first-order chi connectivity index (χ1) is 19.8. The molecule has 5 rings (SSSR count). The van der Waals surface area contributed by atoms with E-state index in [-0.39, 0.29) is 18.7 Å². The normalized spacial score (nSPS) is 12.4. The SMILES string of the molecule is COc1ccc(N(CCN2C(=O)c3cccc4c(Br)ccc(c34)C2=O)C(=O)c2cc(OC)c(OC)c(OC)c2)cc1. The van der Waals surface area contributed by atoms with Crippen LogP contribution in [0.5, 0.6) is 23.0 Å². The summed E-state index contributed by atoms with van der Waals surface area (Å²) in [6.07, 6.45) is 0. The molecular formula is C31H27BrN2O7. The average Bonchev–Trinajstić information content (AvgIpc) is 3.01. The molecule has 41 heavy (non-hydrogen) atoms. The summed E-state index contributed by atoms with van der Waals surface area (Å²) in [4.78, 5) is 43.8. The maximum atomic E-state index is 14.0. The number of carbonyl (C=O) groups excluding carboxylic acids is 3. The number of ether oxygens (including phenoxy) is 4. The van der Waals surface area contributed by atoms with Crippen LogP contribution in [0.15, 0.2) is 71.2 Å². The molecule has 0 aliphatic carbocycles. The number of halogens is 1. The minimum absolute atomic E-state index is 0.0289. The third-order valence-corrected chi connectivity index (χ3v) is 7.72. The predicted octanol–water partition coefficient (Wildman–Crippen LogP) is 5.58. The summed E-state index contributed by atoms with van der Waals surface area (Å²) in [6.45, 7) is -0.00705. The van der Waals surface area contributed by atoms with Crippen LogP contribution in [-0.4, -0.2) is 64.2 Å². The van der Waals surface area contributed by atoms with E-state index in [1.54, 1.807) is 67.8 Å². The molecule has 210 valence electrons. The number of methoxy groups -OCH3 is 4. The van der Waals surface area contributed by atoms with E-state index < -0.39 is 17.7 Å². The number of nitrogens with zero attached hydrogens (tertiary/aromatic N) is 2. The zero-order chi connectivity index (χ0) is 29.3. The van der Waals surface area contributed by atoms with Crippen LogP contribution in [-0.2, 0) is 0 Å². The smallest absolute Gasteiger partial charge is 0.261 e. The van der Waals surface area contributed by atoms with Gasteiger partial charge in [0.15, 0.2) is 11.5 Å². The number of amides is 3. The summed E-state index contributed by atoms with van der Waals surface area (Å²) >= 11 is 3.51. The third-order valence-electron chi connectivity index (χ3n) is 7.03. The molecule has 0 atom stereocenters. The molecular weight excluding hydrogens is 592 g/mol. The number of hydrogen-bond acceptors (Lipinski definition) is 7. The first-order valence-electron chi connectivity index (χ1n) is 12.7. The van der Waals surface area contributed by atoms with Gasteiger partial charge in [0.1, 0.15) is 5.75 Å². The number of rotatable bonds is 9. The van der Waals surface area contributed by atoms with Crippen molar-refractivity contribution in [3.8, 4) is 23.0 Å². The highest BCUT2D eigenvalue weighted by atomic mass is 79.9. The van der Waals surface area contributed by atoms with Crippen molar-refractivity contribution in [3.63, 3.8) is 0 Å². The molecule has 0 fully saturated rings. The van der Waals surface area contributed by atoms with Crippen LogP contribution in [0.3, 0.4) is 0 Å². The van der Waals surface area contributed by atoms with E-state index in [1.807, 2.05) is 6.07 Å². The fraction of sp³-hybridized carbons (Fsp3) is 0.194. The largest absolute Gasteiger partial charge is 0.497 e. The fourth-order valence-electron chi connectivity index (χ4n) is 4.98. The van der Waals surface area contributed by atoms with E-state index in [0.29, 0.717) is 45.2 Å². The summed E-state index contributed by atoms with van der Waals surface area (Å²) in [5.74, 6) is 0.391. The molecule has 0 saturated carbocycles. The first kappa shape index (κ1) is 28.0. The number of benzene rings is 4. The van der Waals surface area contributed by atoms with Gasteiger partial charge in [-0.1, -0.05) is 28.1 Å². The van der Waals surface area contributed by atoms with Crippen LogP contribution in [0.1, 0.15) is 31.1 Å². The molecule has 0 radical (unpaired) electrons. The second kappa shape index (κ2) is 11.5. The molecule has 9 nitrogen and oxygen atoms in total. The van der Waals surface area contributed by atoms with Crippen LogP contribution < -0.4 is 23.8 Å². The van der Waals surface area contributed by atoms with Gasteiger partial charge in [-0.05, 0) is 60.0 Å². The fourth-order valence-corrected chi connectivity index (χ4v) is 5.45. The molecule has 4 aromatic carbocycles. The van der Waals surface area contributed by atoms with Gasteiger partial charge in [0.2, 0.25) is 5.75 Å². The monoisotopic (exact) mass is 618 g/mol. The van der Waals surface area contributed by atoms with E-state index in [2.05, 4.69) is 15.9 Å². The van der Waals surface area contributed by atoms with Crippen LogP contribution in [0.2, 0.25) is 0 Å². The highest BCUT2D eigenvalue weighted by Gasteiger charge is 2.34. The van der Waals surface area contributed by atoms with Crippen LogP contribution in [0.4, 0.5) is 5.69 Å². The topological polar surface area (TPSA) is 94.6 Å². The molecule has 0 unspecified atom stereocenters. The Hall–Kier alpha value is -4.57. The van der Waals surface area contributed by atoms with Crippen molar-refractivity contribution in [2.75, 3.05) is 46.4 Å². The highest BCUT2D eigenvalue weighted by Crippen LogP contribution is 2.39. The predicted molar refractivity (Wildman–Crippen MR) is 158 cm³/mol. The maximum Gasteiger partial charge on any atom is 0.261 e. The molecule has 1 heterocycles. The zero-order valence-electron chi connectivity index (χ0n) is 22.9. The van der Waals surface area contributed by atoms with E-state index in [9.17, 15) is 14.4 Å². The van der Waals surface area contributed by atoms with Gasteiger partial charge in [-0.25, -0.2) is 0 Å². The second-order valence-corrected chi connectivity index (χ2v) is 10.0. The van der Waals surface area contributed by atoms with Crippen molar-refractivity contribution in [2.24, 2.45) is 0 Å². The van der Waals surface area contributed by atoms with Crippen molar-refractivity contribution in [1.29, 1.82) is 0 Å². The van der Waals surface area contributed by atoms with E-state index in [1.165, 1.54) is 31.1 Å². The molecule has 1 aliphatic rings. The van der Waals surface area contributed by atoms with Crippen molar-refractivity contribution in [2.45, 2.75) is 0 Å². The maximum absolute atomic E-state index is 14.0. The Morgan fingerprint density at radius 2 is 1.44 bits per heavy atom. The van der Waals surface area contributed by atoms with Crippen LogP contribution >= 0.6 is 15.9 Å². The minimum Gasteiger partial charge on any atom is -0.497 e. The molecule has 4 aromatic rings. The second-order valence-electron chi connectivity index (χ2n) is 9.15. The molecule has 0 aromatic heterocycles. The first-order valence-corrected chi connectivity index (χ1v) is 13.5. The minimum atomic E-state index is -0.416. The zero-order valence-corrected chi connectivity index (χ0v) is 24.5.